The molecule has 0 aromatic rings. The van der Waals surface area contributed by atoms with Crippen molar-refractivity contribution in [1.82, 2.24) is 10.6 Å². The van der Waals surface area contributed by atoms with Crippen molar-refractivity contribution in [2.45, 2.75) is 6.23 Å². The first-order valence-electron chi connectivity index (χ1n) is 2.89. The van der Waals surface area contributed by atoms with Crippen LogP contribution in [0.5, 0.6) is 0 Å². The van der Waals surface area contributed by atoms with E-state index in [1.165, 1.54) is 0 Å². The third kappa shape index (κ3) is 4.00. The number of methoxy groups -OCH3 is 1. The number of ether oxygens (including phenoxy) is 1. The lowest BCUT2D eigenvalue weighted by molar-refractivity contribution is 0.0832. The van der Waals surface area contributed by atoms with Gasteiger partial charge in [-0.2, -0.15) is 0 Å². The fourth-order valence-electron chi connectivity index (χ4n) is 0.494. The largest absolute Gasteiger partial charge is 0.387 e. The zero-order valence-corrected chi connectivity index (χ0v) is 5.98. The number of likely N-dealkylation sites (N-methyl/N-ethyl adjacent to an activating group) is 1. The van der Waals surface area contributed by atoms with Crippen molar-refractivity contribution in [3.63, 3.8) is 0 Å². The van der Waals surface area contributed by atoms with Gasteiger partial charge in [0.1, 0.15) is 6.23 Å². The topological polar surface area (TPSA) is 33.3 Å². The van der Waals surface area contributed by atoms with Crippen molar-refractivity contribution in [3.05, 3.63) is 12.8 Å². The van der Waals surface area contributed by atoms with Crippen molar-refractivity contribution in [2.24, 2.45) is 0 Å². The molecular formula is C6H14N2O. The van der Waals surface area contributed by atoms with Crippen LogP contribution in [0.4, 0.5) is 0 Å². The van der Waals surface area contributed by atoms with Crippen LogP contribution in [0.1, 0.15) is 0 Å². The van der Waals surface area contributed by atoms with Crippen LogP contribution in [0.15, 0.2) is 12.8 Å². The van der Waals surface area contributed by atoms with E-state index in [4.69, 9.17) is 4.74 Å². The molecule has 0 aliphatic rings. The maximum absolute atomic E-state index is 4.98. The van der Waals surface area contributed by atoms with Crippen LogP contribution >= 0.6 is 0 Å². The second kappa shape index (κ2) is 5.59. The van der Waals surface area contributed by atoms with E-state index in [1.54, 1.807) is 13.3 Å². The maximum Gasteiger partial charge on any atom is 0.124 e. The molecule has 9 heavy (non-hydrogen) atoms. The first kappa shape index (κ1) is 8.46. The molecule has 0 heterocycles. The molecule has 0 radical (unpaired) electrons. The van der Waals surface area contributed by atoms with Gasteiger partial charge in [-0.3, -0.25) is 5.32 Å². The highest BCUT2D eigenvalue weighted by molar-refractivity contribution is 4.65. The van der Waals surface area contributed by atoms with Gasteiger partial charge in [-0.05, 0) is 13.2 Å². The van der Waals surface area contributed by atoms with E-state index in [2.05, 4.69) is 17.2 Å². The molecule has 3 heteroatoms. The number of rotatable bonds is 5. The molecule has 0 aliphatic carbocycles. The molecule has 0 saturated carbocycles. The smallest absolute Gasteiger partial charge is 0.124 e. The minimum absolute atomic E-state index is 0.0722. The highest BCUT2D eigenvalue weighted by atomic mass is 16.5. The quantitative estimate of drug-likeness (QED) is 0.510. The fourth-order valence-corrected chi connectivity index (χ4v) is 0.494. The van der Waals surface area contributed by atoms with E-state index in [9.17, 15) is 0 Å². The van der Waals surface area contributed by atoms with E-state index < -0.39 is 0 Å². The van der Waals surface area contributed by atoms with Crippen LogP contribution in [0, 0.1) is 0 Å². The van der Waals surface area contributed by atoms with Gasteiger partial charge in [0, 0.05) is 7.11 Å². The fraction of sp³-hybridized carbons (Fsp3) is 0.667. The monoisotopic (exact) mass is 130 g/mol. The Labute approximate surface area is 56.1 Å². The summed E-state index contributed by atoms with van der Waals surface area (Å²) in [4.78, 5) is 0. The maximum atomic E-state index is 4.98. The van der Waals surface area contributed by atoms with Crippen LogP contribution in [-0.2, 0) is 4.74 Å². The third-order valence-electron chi connectivity index (χ3n) is 1.05. The Kier molecular flexibility index (Phi) is 5.26. The molecule has 0 aromatic heterocycles. The lowest BCUT2D eigenvalue weighted by atomic mass is 10.5. The van der Waals surface area contributed by atoms with E-state index in [1.807, 2.05) is 7.05 Å². The summed E-state index contributed by atoms with van der Waals surface area (Å²) >= 11 is 0. The lowest BCUT2D eigenvalue weighted by Gasteiger charge is -2.12. The molecule has 0 aliphatic heterocycles. The summed E-state index contributed by atoms with van der Waals surface area (Å²) in [7, 11) is 3.50. The van der Waals surface area contributed by atoms with Crippen LogP contribution in [0.2, 0.25) is 0 Å². The second-order valence-corrected chi connectivity index (χ2v) is 1.63. The van der Waals surface area contributed by atoms with Crippen molar-refractivity contribution in [3.8, 4) is 0 Å². The Morgan fingerprint density at radius 1 is 1.78 bits per heavy atom. The first-order chi connectivity index (χ1) is 4.35. The SMILES string of the molecule is C=CNCC(NC)OC. The van der Waals surface area contributed by atoms with E-state index in [0.29, 0.717) is 0 Å². The molecular weight excluding hydrogens is 116 g/mol. The Bertz CT molecular complexity index is 71.5. The van der Waals surface area contributed by atoms with Crippen molar-refractivity contribution in [1.29, 1.82) is 0 Å². The van der Waals surface area contributed by atoms with Gasteiger partial charge in [-0.15, -0.1) is 0 Å². The van der Waals surface area contributed by atoms with Gasteiger partial charge in [-0.1, -0.05) is 6.58 Å². The minimum atomic E-state index is 0.0722. The summed E-state index contributed by atoms with van der Waals surface area (Å²) < 4.78 is 4.98. The number of hydrogen-bond acceptors (Lipinski definition) is 3. The van der Waals surface area contributed by atoms with Gasteiger partial charge < -0.3 is 10.1 Å². The van der Waals surface area contributed by atoms with Crippen molar-refractivity contribution < 1.29 is 4.74 Å². The predicted octanol–water partition coefficient (Wildman–Crippen LogP) is -0.0886. The van der Waals surface area contributed by atoms with Crippen molar-refractivity contribution in [2.75, 3.05) is 20.7 Å². The predicted molar refractivity (Wildman–Crippen MR) is 38.1 cm³/mol. The van der Waals surface area contributed by atoms with Gasteiger partial charge in [-0.25, -0.2) is 0 Å². The van der Waals surface area contributed by atoms with Crippen molar-refractivity contribution >= 4 is 0 Å². The van der Waals surface area contributed by atoms with Crippen LogP contribution < -0.4 is 10.6 Å². The summed E-state index contributed by atoms with van der Waals surface area (Å²) in [5.41, 5.74) is 0. The van der Waals surface area contributed by atoms with Crippen LogP contribution in [0.25, 0.3) is 0 Å². The Morgan fingerprint density at radius 2 is 2.44 bits per heavy atom. The third-order valence-corrected chi connectivity index (χ3v) is 1.05. The number of nitrogens with one attached hydrogen (secondary N) is 2. The van der Waals surface area contributed by atoms with Crippen LogP contribution in [0.3, 0.4) is 0 Å². The van der Waals surface area contributed by atoms with Gasteiger partial charge >= 0.3 is 0 Å². The molecule has 0 spiro atoms. The van der Waals surface area contributed by atoms with Gasteiger partial charge in [0.15, 0.2) is 0 Å². The summed E-state index contributed by atoms with van der Waals surface area (Å²) in [5.74, 6) is 0. The standard InChI is InChI=1S/C6H14N2O/c1-4-8-5-6(7-2)9-3/h4,6-8H,1,5H2,2-3H3. The molecule has 1 unspecified atom stereocenters. The average Bonchev–Trinajstić information content (AvgIpc) is 1.91. The summed E-state index contributed by atoms with van der Waals surface area (Å²) in [6.45, 7) is 4.25. The van der Waals surface area contributed by atoms with E-state index >= 15 is 0 Å². The van der Waals surface area contributed by atoms with Gasteiger partial charge in [0.2, 0.25) is 0 Å². The molecule has 0 saturated heterocycles. The lowest BCUT2D eigenvalue weighted by Crippen LogP contribution is -2.35. The Balaban J connectivity index is 3.19. The van der Waals surface area contributed by atoms with Crippen LogP contribution in [-0.4, -0.2) is 26.9 Å². The molecule has 0 rings (SSSR count). The summed E-state index contributed by atoms with van der Waals surface area (Å²) in [6, 6.07) is 0. The second-order valence-electron chi connectivity index (χ2n) is 1.63. The highest BCUT2D eigenvalue weighted by Crippen LogP contribution is 1.77. The zero-order valence-electron chi connectivity index (χ0n) is 5.98. The Hall–Kier alpha value is -0.540. The number of hydrogen-bond donors (Lipinski definition) is 2. The minimum Gasteiger partial charge on any atom is -0.387 e. The van der Waals surface area contributed by atoms with E-state index in [-0.39, 0.29) is 6.23 Å². The zero-order chi connectivity index (χ0) is 7.11. The highest BCUT2D eigenvalue weighted by Gasteiger charge is 1.98. The molecule has 2 N–H and O–H groups in total. The molecule has 0 aromatic carbocycles. The van der Waals surface area contributed by atoms with Gasteiger partial charge in [0.25, 0.3) is 0 Å². The summed E-state index contributed by atoms with van der Waals surface area (Å²) in [5, 5.41) is 5.88. The average molecular weight is 130 g/mol. The molecule has 0 fully saturated rings. The Morgan fingerprint density at radius 3 is 2.78 bits per heavy atom. The normalized spacial score (nSPS) is 12.7. The molecule has 0 amide bonds. The first-order valence-corrected chi connectivity index (χ1v) is 2.89. The molecule has 3 nitrogen and oxygen atoms in total. The molecule has 0 bridgehead atoms. The van der Waals surface area contributed by atoms with E-state index in [0.717, 1.165) is 6.54 Å². The molecule has 1 atom stereocenters. The van der Waals surface area contributed by atoms with Gasteiger partial charge in [0.05, 0.1) is 6.54 Å². The summed E-state index contributed by atoms with van der Waals surface area (Å²) in [6.07, 6.45) is 1.71. The molecule has 54 valence electrons.